The van der Waals surface area contributed by atoms with Gasteiger partial charge in [0.2, 0.25) is 11.8 Å². The average molecular weight is 253 g/mol. The highest BCUT2D eigenvalue weighted by Crippen LogP contribution is 2.31. The van der Waals surface area contributed by atoms with Crippen molar-refractivity contribution in [3.63, 3.8) is 0 Å². The molecule has 1 saturated heterocycles. The van der Waals surface area contributed by atoms with E-state index in [2.05, 4.69) is 5.32 Å². The summed E-state index contributed by atoms with van der Waals surface area (Å²) in [5, 5.41) is 2.92. The van der Waals surface area contributed by atoms with Crippen LogP contribution in [0.25, 0.3) is 0 Å². The number of hydrogen-bond donors (Lipinski definition) is 2. The van der Waals surface area contributed by atoms with Crippen molar-refractivity contribution in [3.05, 3.63) is 0 Å². The second-order valence-electron chi connectivity index (χ2n) is 5.50. The van der Waals surface area contributed by atoms with E-state index in [9.17, 15) is 9.59 Å². The summed E-state index contributed by atoms with van der Waals surface area (Å²) in [6.07, 6.45) is 4.73. The lowest BCUT2D eigenvalue weighted by molar-refractivity contribution is -0.138. The molecule has 0 spiro atoms. The number of hydrogen-bond acceptors (Lipinski definition) is 3. The van der Waals surface area contributed by atoms with E-state index in [0.29, 0.717) is 12.5 Å². The number of likely N-dealkylation sites (tertiary alicyclic amines) is 1. The molecule has 1 aliphatic heterocycles. The molecular formula is C13H23N3O2. The molecular weight excluding hydrogens is 230 g/mol. The largest absolute Gasteiger partial charge is 0.344 e. The molecule has 18 heavy (non-hydrogen) atoms. The van der Waals surface area contributed by atoms with Crippen LogP contribution in [-0.4, -0.2) is 42.9 Å². The van der Waals surface area contributed by atoms with E-state index in [1.165, 1.54) is 0 Å². The van der Waals surface area contributed by atoms with Gasteiger partial charge in [-0.2, -0.15) is 0 Å². The van der Waals surface area contributed by atoms with Crippen LogP contribution in [0.5, 0.6) is 0 Å². The third kappa shape index (κ3) is 2.66. The summed E-state index contributed by atoms with van der Waals surface area (Å²) in [4.78, 5) is 25.8. The lowest BCUT2D eigenvalue weighted by Crippen LogP contribution is -2.52. The molecule has 2 rings (SSSR count). The van der Waals surface area contributed by atoms with Crippen molar-refractivity contribution >= 4 is 11.8 Å². The number of nitrogens with zero attached hydrogens (tertiary/aromatic N) is 1. The van der Waals surface area contributed by atoms with E-state index in [0.717, 1.165) is 38.6 Å². The van der Waals surface area contributed by atoms with Gasteiger partial charge in [-0.3, -0.25) is 9.59 Å². The number of nitrogens with two attached hydrogens (primary N) is 1. The molecule has 0 aromatic rings. The number of carbonyl (C=O) groups excluding carboxylic acids is 2. The van der Waals surface area contributed by atoms with Crippen LogP contribution in [0.4, 0.5) is 0 Å². The molecule has 0 bridgehead atoms. The molecule has 1 saturated carbocycles. The van der Waals surface area contributed by atoms with Crippen LogP contribution in [0.2, 0.25) is 0 Å². The molecule has 2 fully saturated rings. The maximum atomic E-state index is 12.2. The molecule has 0 aromatic carbocycles. The van der Waals surface area contributed by atoms with E-state index in [-0.39, 0.29) is 23.8 Å². The summed E-state index contributed by atoms with van der Waals surface area (Å²) in [6.45, 7) is 1.36. The Labute approximate surface area is 108 Å². The van der Waals surface area contributed by atoms with Crippen molar-refractivity contribution in [1.82, 2.24) is 10.2 Å². The monoisotopic (exact) mass is 253 g/mol. The molecule has 102 valence electrons. The summed E-state index contributed by atoms with van der Waals surface area (Å²) in [5.74, 6) is 0.366. The van der Waals surface area contributed by atoms with Crippen molar-refractivity contribution in [1.29, 1.82) is 0 Å². The van der Waals surface area contributed by atoms with E-state index in [4.69, 9.17) is 5.73 Å². The molecule has 1 aliphatic carbocycles. The Morgan fingerprint density at radius 3 is 2.89 bits per heavy atom. The van der Waals surface area contributed by atoms with Crippen LogP contribution in [0.1, 0.15) is 32.1 Å². The van der Waals surface area contributed by atoms with Crippen LogP contribution >= 0.6 is 0 Å². The third-order valence-electron chi connectivity index (χ3n) is 4.28. The van der Waals surface area contributed by atoms with Gasteiger partial charge in [0.15, 0.2) is 0 Å². The molecule has 1 heterocycles. The van der Waals surface area contributed by atoms with Crippen molar-refractivity contribution in [2.75, 3.05) is 20.1 Å². The summed E-state index contributed by atoms with van der Waals surface area (Å²) in [7, 11) is 1.79. The highest BCUT2D eigenvalue weighted by atomic mass is 16.2. The van der Waals surface area contributed by atoms with E-state index in [1.807, 2.05) is 0 Å². The SMILES string of the molecule is CN1CCCC(NC(=O)[C@@H]2CCC[C@@H]2CN)C1=O. The number of likely N-dealkylation sites (N-methyl/N-ethyl adjacent to an activating group) is 1. The van der Waals surface area contributed by atoms with E-state index < -0.39 is 0 Å². The number of rotatable bonds is 3. The molecule has 3 N–H and O–H groups in total. The molecule has 1 unspecified atom stereocenters. The van der Waals surface area contributed by atoms with E-state index >= 15 is 0 Å². The topological polar surface area (TPSA) is 75.4 Å². The third-order valence-corrected chi connectivity index (χ3v) is 4.28. The maximum absolute atomic E-state index is 12.2. The first-order valence-electron chi connectivity index (χ1n) is 6.89. The predicted octanol–water partition coefficient (Wildman–Crippen LogP) is 0.0984. The summed E-state index contributed by atoms with van der Waals surface area (Å²) in [6, 6.07) is -0.324. The van der Waals surface area contributed by atoms with Crippen LogP contribution in [0.15, 0.2) is 0 Å². The minimum Gasteiger partial charge on any atom is -0.344 e. The van der Waals surface area contributed by atoms with Gasteiger partial charge in [0.1, 0.15) is 6.04 Å². The average Bonchev–Trinajstić information content (AvgIpc) is 2.83. The van der Waals surface area contributed by atoms with Gasteiger partial charge in [-0.25, -0.2) is 0 Å². The Morgan fingerprint density at radius 1 is 1.39 bits per heavy atom. The van der Waals surface area contributed by atoms with Gasteiger partial charge >= 0.3 is 0 Å². The molecule has 2 aliphatic rings. The molecule has 5 nitrogen and oxygen atoms in total. The molecule has 0 aromatic heterocycles. The van der Waals surface area contributed by atoms with Gasteiger partial charge in [-0.15, -0.1) is 0 Å². The molecule has 5 heteroatoms. The summed E-state index contributed by atoms with van der Waals surface area (Å²) in [5.41, 5.74) is 5.69. The number of carbonyl (C=O) groups is 2. The molecule has 0 radical (unpaired) electrons. The Hall–Kier alpha value is -1.10. The second-order valence-corrected chi connectivity index (χ2v) is 5.50. The Kier molecular flexibility index (Phi) is 4.22. The fourth-order valence-corrected chi connectivity index (χ4v) is 3.11. The normalized spacial score (nSPS) is 32.7. The lowest BCUT2D eigenvalue weighted by atomic mass is 9.94. The highest BCUT2D eigenvalue weighted by molar-refractivity contribution is 5.89. The quantitative estimate of drug-likeness (QED) is 0.749. The van der Waals surface area contributed by atoms with Crippen molar-refractivity contribution in [2.45, 2.75) is 38.1 Å². The fourth-order valence-electron chi connectivity index (χ4n) is 3.11. The summed E-state index contributed by atoms with van der Waals surface area (Å²) < 4.78 is 0. The van der Waals surface area contributed by atoms with Crippen LogP contribution in [-0.2, 0) is 9.59 Å². The standard InChI is InChI=1S/C13H23N3O2/c1-16-7-3-6-11(13(16)18)15-12(17)10-5-2-4-9(10)8-14/h9-11H,2-8,14H2,1H3,(H,15,17)/t9-,10-,11?/m1/s1. The van der Waals surface area contributed by atoms with Crippen molar-refractivity contribution in [2.24, 2.45) is 17.6 Å². The zero-order valence-corrected chi connectivity index (χ0v) is 11.0. The Morgan fingerprint density at radius 2 is 2.17 bits per heavy atom. The maximum Gasteiger partial charge on any atom is 0.244 e. The minimum absolute atomic E-state index is 0.00929. The number of amides is 2. The highest BCUT2D eigenvalue weighted by Gasteiger charge is 2.35. The van der Waals surface area contributed by atoms with Crippen molar-refractivity contribution < 1.29 is 9.59 Å². The Bertz CT molecular complexity index is 332. The first kappa shape index (κ1) is 13.3. The number of piperidine rings is 1. The predicted molar refractivity (Wildman–Crippen MR) is 68.7 cm³/mol. The molecule has 2 amide bonds. The van der Waals surface area contributed by atoms with Gasteiger partial charge in [0, 0.05) is 19.5 Å². The van der Waals surface area contributed by atoms with Gasteiger partial charge in [0.25, 0.3) is 0 Å². The van der Waals surface area contributed by atoms with Crippen molar-refractivity contribution in [3.8, 4) is 0 Å². The van der Waals surface area contributed by atoms with Crippen LogP contribution in [0, 0.1) is 11.8 Å². The van der Waals surface area contributed by atoms with Crippen LogP contribution < -0.4 is 11.1 Å². The molecule has 3 atom stereocenters. The van der Waals surface area contributed by atoms with Crippen LogP contribution in [0.3, 0.4) is 0 Å². The lowest BCUT2D eigenvalue weighted by Gasteiger charge is -2.30. The first-order valence-corrected chi connectivity index (χ1v) is 6.89. The first-order chi connectivity index (χ1) is 8.63. The van der Waals surface area contributed by atoms with E-state index in [1.54, 1.807) is 11.9 Å². The summed E-state index contributed by atoms with van der Waals surface area (Å²) >= 11 is 0. The second kappa shape index (κ2) is 5.69. The van der Waals surface area contributed by atoms with Gasteiger partial charge < -0.3 is 16.0 Å². The van der Waals surface area contributed by atoms with Gasteiger partial charge in [-0.1, -0.05) is 6.42 Å². The van der Waals surface area contributed by atoms with Gasteiger partial charge in [-0.05, 0) is 38.1 Å². The zero-order chi connectivity index (χ0) is 13.1. The zero-order valence-electron chi connectivity index (χ0n) is 11.0. The number of nitrogens with one attached hydrogen (secondary N) is 1. The Balaban J connectivity index is 1.92. The smallest absolute Gasteiger partial charge is 0.244 e. The fraction of sp³-hybridized carbons (Fsp3) is 0.846. The van der Waals surface area contributed by atoms with Gasteiger partial charge in [0.05, 0.1) is 0 Å². The minimum atomic E-state index is -0.324.